The lowest BCUT2D eigenvalue weighted by atomic mass is 10.3. The normalized spacial score (nSPS) is 11.1. The van der Waals surface area contributed by atoms with Gasteiger partial charge in [0.25, 0.3) is 5.56 Å². The van der Waals surface area contributed by atoms with E-state index in [0.717, 1.165) is 10.6 Å². The predicted molar refractivity (Wildman–Crippen MR) is 95.5 cm³/mol. The van der Waals surface area contributed by atoms with E-state index in [0.29, 0.717) is 10.7 Å². The monoisotopic (exact) mass is 388 g/mol. The van der Waals surface area contributed by atoms with Crippen LogP contribution in [0.3, 0.4) is 0 Å². The third-order valence-electron chi connectivity index (χ3n) is 3.91. The summed E-state index contributed by atoms with van der Waals surface area (Å²) in [6, 6.07) is 9.58. The van der Waals surface area contributed by atoms with Gasteiger partial charge in [-0.2, -0.15) is 9.37 Å². The molecular weight excluding hydrogens is 378 g/mol. The number of aromatic nitrogens is 4. The molecule has 0 saturated heterocycles. The SMILES string of the molecule is Cn1cnc2c(=O)n(-c3ccc(Cl)cc3)c(Oc3cccc(F)c3F)nc21. The Morgan fingerprint density at radius 3 is 2.59 bits per heavy atom. The Bertz CT molecular complexity index is 1220. The van der Waals surface area contributed by atoms with Gasteiger partial charge in [-0.25, -0.2) is 13.9 Å². The van der Waals surface area contributed by atoms with Crippen LogP contribution in [0, 0.1) is 11.6 Å². The molecule has 0 aliphatic carbocycles. The first kappa shape index (κ1) is 17.2. The zero-order valence-electron chi connectivity index (χ0n) is 13.9. The fourth-order valence-electron chi connectivity index (χ4n) is 2.59. The quantitative estimate of drug-likeness (QED) is 0.535. The van der Waals surface area contributed by atoms with Gasteiger partial charge in [-0.05, 0) is 36.4 Å². The molecule has 9 heteroatoms. The van der Waals surface area contributed by atoms with E-state index in [1.54, 1.807) is 31.3 Å². The number of nitrogens with zero attached hydrogens (tertiary/aromatic N) is 4. The second kappa shape index (κ2) is 6.48. The standard InChI is InChI=1S/C18H11ClF2N4O2/c1-24-9-22-15-16(24)23-18(27-13-4-2-3-12(20)14(13)21)25(17(15)26)11-7-5-10(19)6-8-11/h2-9H,1H3. The van der Waals surface area contributed by atoms with Gasteiger partial charge in [-0.1, -0.05) is 17.7 Å². The van der Waals surface area contributed by atoms with Crippen LogP contribution in [0.25, 0.3) is 16.9 Å². The number of hydrogen-bond acceptors (Lipinski definition) is 4. The molecule has 0 bridgehead atoms. The van der Waals surface area contributed by atoms with Crippen molar-refractivity contribution >= 4 is 22.8 Å². The zero-order valence-corrected chi connectivity index (χ0v) is 14.6. The molecule has 0 unspecified atom stereocenters. The highest BCUT2D eigenvalue weighted by Crippen LogP contribution is 2.27. The van der Waals surface area contributed by atoms with Crippen LogP contribution in [0.15, 0.2) is 53.6 Å². The minimum atomic E-state index is -1.18. The molecule has 2 aromatic heterocycles. The van der Waals surface area contributed by atoms with Gasteiger partial charge in [0, 0.05) is 12.1 Å². The summed E-state index contributed by atoms with van der Waals surface area (Å²) in [6.45, 7) is 0. The first-order chi connectivity index (χ1) is 13.0. The van der Waals surface area contributed by atoms with Gasteiger partial charge in [0.2, 0.25) is 5.82 Å². The van der Waals surface area contributed by atoms with Crippen LogP contribution in [0.2, 0.25) is 5.02 Å². The summed E-state index contributed by atoms with van der Waals surface area (Å²) >= 11 is 5.90. The van der Waals surface area contributed by atoms with Crippen LogP contribution < -0.4 is 10.3 Å². The third kappa shape index (κ3) is 2.93. The van der Waals surface area contributed by atoms with E-state index in [4.69, 9.17) is 16.3 Å². The lowest BCUT2D eigenvalue weighted by molar-refractivity contribution is 0.384. The fraction of sp³-hybridized carbons (Fsp3) is 0.0556. The van der Waals surface area contributed by atoms with Gasteiger partial charge >= 0.3 is 6.01 Å². The molecule has 0 radical (unpaired) electrons. The summed E-state index contributed by atoms with van der Waals surface area (Å²) < 4.78 is 35.7. The van der Waals surface area contributed by atoms with Crippen molar-refractivity contribution in [1.82, 2.24) is 19.1 Å². The number of hydrogen-bond donors (Lipinski definition) is 0. The predicted octanol–water partition coefficient (Wildman–Crippen LogP) is 3.84. The topological polar surface area (TPSA) is 61.9 Å². The molecule has 2 heterocycles. The third-order valence-corrected chi connectivity index (χ3v) is 4.16. The molecule has 0 aliphatic heterocycles. The van der Waals surface area contributed by atoms with Gasteiger partial charge in [0.05, 0.1) is 12.0 Å². The Morgan fingerprint density at radius 1 is 1.11 bits per heavy atom. The molecular formula is C18H11ClF2N4O2. The van der Waals surface area contributed by atoms with Crippen molar-refractivity contribution in [2.75, 3.05) is 0 Å². The number of halogens is 3. The minimum absolute atomic E-state index is 0.111. The van der Waals surface area contributed by atoms with Crippen molar-refractivity contribution in [3.8, 4) is 17.4 Å². The van der Waals surface area contributed by atoms with Crippen LogP contribution in [0.4, 0.5) is 8.78 Å². The molecule has 0 aliphatic rings. The second-order valence-corrected chi connectivity index (χ2v) is 6.13. The highest BCUT2D eigenvalue weighted by molar-refractivity contribution is 6.30. The molecule has 0 atom stereocenters. The highest BCUT2D eigenvalue weighted by Gasteiger charge is 2.19. The second-order valence-electron chi connectivity index (χ2n) is 5.69. The Kier molecular flexibility index (Phi) is 4.12. The van der Waals surface area contributed by atoms with Gasteiger partial charge in [0.1, 0.15) is 0 Å². The Morgan fingerprint density at radius 2 is 1.85 bits per heavy atom. The van der Waals surface area contributed by atoms with Gasteiger partial charge in [-0.3, -0.25) is 4.79 Å². The summed E-state index contributed by atoms with van der Waals surface area (Å²) in [5, 5.41) is 0.470. The Balaban J connectivity index is 1.98. The number of aryl methyl sites for hydroxylation is 1. The first-order valence-corrected chi connectivity index (χ1v) is 8.15. The average Bonchev–Trinajstić information content (AvgIpc) is 3.02. The van der Waals surface area contributed by atoms with Crippen molar-refractivity contribution in [3.05, 3.63) is 75.8 Å². The maximum atomic E-state index is 14.1. The van der Waals surface area contributed by atoms with E-state index in [2.05, 4.69) is 9.97 Å². The maximum absolute atomic E-state index is 14.1. The molecule has 0 fully saturated rings. The van der Waals surface area contributed by atoms with Crippen molar-refractivity contribution in [3.63, 3.8) is 0 Å². The van der Waals surface area contributed by atoms with E-state index in [-0.39, 0.29) is 17.2 Å². The van der Waals surface area contributed by atoms with E-state index in [1.807, 2.05) is 0 Å². The van der Waals surface area contributed by atoms with Crippen molar-refractivity contribution in [2.45, 2.75) is 0 Å². The van der Waals surface area contributed by atoms with Gasteiger partial charge in [-0.15, -0.1) is 0 Å². The van der Waals surface area contributed by atoms with E-state index < -0.39 is 22.9 Å². The molecule has 2 aromatic carbocycles. The largest absolute Gasteiger partial charge is 0.422 e. The van der Waals surface area contributed by atoms with Crippen LogP contribution in [0.1, 0.15) is 0 Å². The number of benzene rings is 2. The average molecular weight is 389 g/mol. The fourth-order valence-corrected chi connectivity index (χ4v) is 2.71. The summed E-state index contributed by atoms with van der Waals surface area (Å²) in [5.74, 6) is -2.65. The van der Waals surface area contributed by atoms with Gasteiger partial charge in [0.15, 0.2) is 22.7 Å². The van der Waals surface area contributed by atoms with Crippen LogP contribution in [-0.2, 0) is 7.05 Å². The molecule has 4 rings (SSSR count). The van der Waals surface area contributed by atoms with Crippen molar-refractivity contribution in [1.29, 1.82) is 0 Å². The molecule has 0 N–H and O–H groups in total. The molecule has 0 saturated carbocycles. The lowest BCUT2D eigenvalue weighted by Gasteiger charge is -2.13. The molecule has 27 heavy (non-hydrogen) atoms. The Labute approximate surface area is 156 Å². The maximum Gasteiger partial charge on any atom is 0.311 e. The molecule has 0 spiro atoms. The van der Waals surface area contributed by atoms with Crippen molar-refractivity contribution in [2.24, 2.45) is 7.05 Å². The van der Waals surface area contributed by atoms with E-state index in [9.17, 15) is 13.6 Å². The zero-order chi connectivity index (χ0) is 19.1. The summed E-state index contributed by atoms with van der Waals surface area (Å²) in [7, 11) is 1.65. The summed E-state index contributed by atoms with van der Waals surface area (Å²) in [4.78, 5) is 21.3. The first-order valence-electron chi connectivity index (χ1n) is 7.77. The number of imidazole rings is 1. The molecule has 6 nitrogen and oxygen atoms in total. The summed E-state index contributed by atoms with van der Waals surface area (Å²) in [5.41, 5.74) is 0.225. The minimum Gasteiger partial charge on any atom is -0.422 e. The van der Waals surface area contributed by atoms with E-state index in [1.165, 1.54) is 23.0 Å². The number of ether oxygens (including phenoxy) is 1. The van der Waals surface area contributed by atoms with E-state index >= 15 is 0 Å². The van der Waals surface area contributed by atoms with Crippen molar-refractivity contribution < 1.29 is 13.5 Å². The Hall–Kier alpha value is -3.26. The number of rotatable bonds is 3. The number of fused-ring (bicyclic) bond motifs is 1. The van der Waals surface area contributed by atoms with Crippen LogP contribution in [0.5, 0.6) is 11.8 Å². The lowest BCUT2D eigenvalue weighted by Crippen LogP contribution is -2.22. The van der Waals surface area contributed by atoms with Gasteiger partial charge < -0.3 is 9.30 Å². The summed E-state index contributed by atoms with van der Waals surface area (Å²) in [6.07, 6.45) is 1.43. The smallest absolute Gasteiger partial charge is 0.311 e. The molecule has 136 valence electrons. The highest BCUT2D eigenvalue weighted by atomic mass is 35.5. The molecule has 0 amide bonds. The van der Waals surface area contributed by atoms with Crippen LogP contribution >= 0.6 is 11.6 Å². The molecule has 4 aromatic rings. The van der Waals surface area contributed by atoms with Crippen LogP contribution in [-0.4, -0.2) is 19.1 Å².